The van der Waals surface area contributed by atoms with Gasteiger partial charge in [0.15, 0.2) is 0 Å². The van der Waals surface area contributed by atoms with Gasteiger partial charge in [-0.1, -0.05) is 0 Å². The number of likely N-dealkylation sites (tertiary alicyclic amines) is 1. The first-order valence-corrected chi connectivity index (χ1v) is 7.53. The molecule has 2 fully saturated rings. The maximum Gasteiger partial charge on any atom is 0.329 e. The van der Waals surface area contributed by atoms with Crippen LogP contribution in [0.3, 0.4) is 0 Å². The van der Waals surface area contributed by atoms with Gasteiger partial charge in [0.1, 0.15) is 6.61 Å². The summed E-state index contributed by atoms with van der Waals surface area (Å²) in [6, 6.07) is 0.0621. The van der Waals surface area contributed by atoms with E-state index in [0.29, 0.717) is 38.5 Å². The van der Waals surface area contributed by atoms with Gasteiger partial charge in [0, 0.05) is 31.7 Å². The first-order valence-electron chi connectivity index (χ1n) is 7.53. The Morgan fingerprint density at radius 3 is 2.67 bits per heavy atom. The van der Waals surface area contributed by atoms with E-state index in [1.54, 1.807) is 4.90 Å². The third-order valence-corrected chi connectivity index (χ3v) is 4.19. The molecular formula is C14H24N2O5. The summed E-state index contributed by atoms with van der Waals surface area (Å²) < 4.78 is 10.6. The van der Waals surface area contributed by atoms with Gasteiger partial charge in [0.2, 0.25) is 0 Å². The highest BCUT2D eigenvalue weighted by Crippen LogP contribution is 2.18. The summed E-state index contributed by atoms with van der Waals surface area (Å²) >= 11 is 0. The lowest BCUT2D eigenvalue weighted by molar-refractivity contribution is -0.145. The molecule has 7 nitrogen and oxygen atoms in total. The van der Waals surface area contributed by atoms with E-state index < -0.39 is 5.97 Å². The van der Waals surface area contributed by atoms with Crippen molar-refractivity contribution in [2.45, 2.75) is 38.3 Å². The summed E-state index contributed by atoms with van der Waals surface area (Å²) in [5.74, 6) is -0.562. The monoisotopic (exact) mass is 300 g/mol. The highest BCUT2D eigenvalue weighted by atomic mass is 16.5. The van der Waals surface area contributed by atoms with Crippen molar-refractivity contribution in [3.05, 3.63) is 0 Å². The van der Waals surface area contributed by atoms with Crippen LogP contribution >= 0.6 is 0 Å². The van der Waals surface area contributed by atoms with E-state index >= 15 is 0 Å². The molecule has 2 unspecified atom stereocenters. The van der Waals surface area contributed by atoms with Crippen LogP contribution in [0.5, 0.6) is 0 Å². The average molecular weight is 300 g/mol. The summed E-state index contributed by atoms with van der Waals surface area (Å²) in [7, 11) is 0. The molecule has 0 spiro atoms. The summed E-state index contributed by atoms with van der Waals surface area (Å²) in [6.45, 7) is 4.44. The molecule has 0 aromatic carbocycles. The molecule has 2 aliphatic rings. The number of carbonyl (C=O) groups excluding carboxylic acids is 1. The number of carboxylic acids is 1. The fourth-order valence-corrected chi connectivity index (χ4v) is 2.77. The molecule has 0 aliphatic carbocycles. The summed E-state index contributed by atoms with van der Waals surface area (Å²) in [5, 5.41) is 11.6. The number of carboxylic acid groups (broad SMARTS) is 1. The van der Waals surface area contributed by atoms with E-state index in [2.05, 4.69) is 5.32 Å². The van der Waals surface area contributed by atoms with Gasteiger partial charge in [-0.15, -0.1) is 0 Å². The van der Waals surface area contributed by atoms with Gasteiger partial charge in [-0.3, -0.25) is 0 Å². The molecule has 2 saturated heterocycles. The first kappa shape index (κ1) is 16.0. The highest BCUT2D eigenvalue weighted by Gasteiger charge is 2.27. The number of nitrogens with one attached hydrogen (secondary N) is 1. The standard InChI is InChI=1S/C14H24N2O5/c1-10(11-4-7-20-8-11)15-14(19)16-5-2-12(3-6-16)21-9-13(17)18/h10-12H,2-9H2,1H3,(H,15,19)(H,17,18). The molecule has 2 rings (SSSR count). The van der Waals surface area contributed by atoms with Gasteiger partial charge in [-0.25, -0.2) is 9.59 Å². The number of rotatable bonds is 5. The number of piperidine rings is 1. The van der Waals surface area contributed by atoms with Gasteiger partial charge in [0.05, 0.1) is 12.7 Å². The number of hydrogen-bond acceptors (Lipinski definition) is 4. The molecule has 0 bridgehead atoms. The van der Waals surface area contributed by atoms with Crippen molar-refractivity contribution in [1.82, 2.24) is 10.2 Å². The molecule has 2 amide bonds. The Morgan fingerprint density at radius 2 is 2.10 bits per heavy atom. The number of aliphatic carboxylic acids is 1. The molecule has 7 heteroatoms. The summed E-state index contributed by atoms with van der Waals surface area (Å²) in [5.41, 5.74) is 0. The summed E-state index contributed by atoms with van der Waals surface area (Å²) in [6.07, 6.45) is 2.29. The molecule has 120 valence electrons. The van der Waals surface area contributed by atoms with Crippen molar-refractivity contribution in [1.29, 1.82) is 0 Å². The maximum atomic E-state index is 12.2. The van der Waals surface area contributed by atoms with Crippen molar-refractivity contribution in [3.63, 3.8) is 0 Å². The van der Waals surface area contributed by atoms with Crippen LogP contribution < -0.4 is 5.32 Å². The molecule has 2 aliphatic heterocycles. The van der Waals surface area contributed by atoms with Crippen LogP contribution in [0.1, 0.15) is 26.2 Å². The third-order valence-electron chi connectivity index (χ3n) is 4.19. The van der Waals surface area contributed by atoms with E-state index in [4.69, 9.17) is 14.6 Å². The van der Waals surface area contributed by atoms with Crippen LogP contribution in [-0.2, 0) is 14.3 Å². The minimum atomic E-state index is -0.956. The third kappa shape index (κ3) is 4.86. The first-order chi connectivity index (χ1) is 10.1. The number of urea groups is 1. The van der Waals surface area contributed by atoms with Crippen LogP contribution in [0, 0.1) is 5.92 Å². The van der Waals surface area contributed by atoms with Crippen LogP contribution in [0.25, 0.3) is 0 Å². The Kier molecular flexibility index (Phi) is 5.81. The van der Waals surface area contributed by atoms with Crippen molar-refractivity contribution in [2.75, 3.05) is 32.9 Å². The second-order valence-corrected chi connectivity index (χ2v) is 5.75. The number of carbonyl (C=O) groups is 2. The topological polar surface area (TPSA) is 88.1 Å². The van der Waals surface area contributed by atoms with Crippen LogP contribution in [-0.4, -0.2) is 67.1 Å². The minimum Gasteiger partial charge on any atom is -0.480 e. The molecule has 0 radical (unpaired) electrons. The fraction of sp³-hybridized carbons (Fsp3) is 0.857. The minimum absolute atomic E-state index is 0.0499. The largest absolute Gasteiger partial charge is 0.480 e. The van der Waals surface area contributed by atoms with E-state index in [-0.39, 0.29) is 24.8 Å². The van der Waals surface area contributed by atoms with E-state index in [0.717, 1.165) is 13.0 Å². The Balaban J connectivity index is 1.68. The molecule has 0 saturated carbocycles. The van der Waals surface area contributed by atoms with Crippen molar-refractivity contribution < 1.29 is 24.2 Å². The normalized spacial score (nSPS) is 24.8. The Bertz CT molecular complexity index is 362. The number of nitrogens with zero attached hydrogens (tertiary/aromatic N) is 1. The lowest BCUT2D eigenvalue weighted by atomic mass is 10.0. The Labute approximate surface area is 124 Å². The smallest absolute Gasteiger partial charge is 0.329 e. The fourth-order valence-electron chi connectivity index (χ4n) is 2.77. The molecule has 2 N–H and O–H groups in total. The number of hydrogen-bond donors (Lipinski definition) is 2. The van der Waals surface area contributed by atoms with E-state index in [9.17, 15) is 9.59 Å². The van der Waals surface area contributed by atoms with Gasteiger partial charge < -0.3 is 24.8 Å². The van der Waals surface area contributed by atoms with Crippen molar-refractivity contribution >= 4 is 12.0 Å². The van der Waals surface area contributed by atoms with Gasteiger partial charge >= 0.3 is 12.0 Å². The van der Waals surface area contributed by atoms with Crippen molar-refractivity contribution in [2.24, 2.45) is 5.92 Å². The Hall–Kier alpha value is -1.34. The number of ether oxygens (including phenoxy) is 2. The zero-order valence-electron chi connectivity index (χ0n) is 12.4. The van der Waals surface area contributed by atoms with Crippen LogP contribution in [0.2, 0.25) is 0 Å². The summed E-state index contributed by atoms with van der Waals surface area (Å²) in [4.78, 5) is 24.4. The van der Waals surface area contributed by atoms with Gasteiger partial charge in [-0.05, 0) is 26.2 Å². The Morgan fingerprint density at radius 1 is 1.38 bits per heavy atom. The molecule has 21 heavy (non-hydrogen) atoms. The molecule has 0 aromatic heterocycles. The predicted molar refractivity (Wildman–Crippen MR) is 75.1 cm³/mol. The second-order valence-electron chi connectivity index (χ2n) is 5.75. The zero-order valence-corrected chi connectivity index (χ0v) is 12.4. The molecular weight excluding hydrogens is 276 g/mol. The van der Waals surface area contributed by atoms with E-state index in [1.807, 2.05) is 6.92 Å². The lowest BCUT2D eigenvalue weighted by Crippen LogP contribution is -2.50. The predicted octanol–water partition coefficient (Wildman–Crippen LogP) is 0.687. The SMILES string of the molecule is CC(NC(=O)N1CCC(OCC(=O)O)CC1)C1CCOC1. The maximum absolute atomic E-state index is 12.2. The van der Waals surface area contributed by atoms with Crippen molar-refractivity contribution in [3.8, 4) is 0 Å². The van der Waals surface area contributed by atoms with Gasteiger partial charge in [-0.2, -0.15) is 0 Å². The van der Waals surface area contributed by atoms with Gasteiger partial charge in [0.25, 0.3) is 0 Å². The molecule has 2 atom stereocenters. The molecule has 0 aromatic rings. The zero-order chi connectivity index (χ0) is 15.2. The highest BCUT2D eigenvalue weighted by molar-refractivity contribution is 5.74. The second kappa shape index (κ2) is 7.61. The molecule has 2 heterocycles. The van der Waals surface area contributed by atoms with Crippen LogP contribution in [0.15, 0.2) is 0 Å². The van der Waals surface area contributed by atoms with Crippen LogP contribution in [0.4, 0.5) is 4.79 Å². The number of amides is 2. The van der Waals surface area contributed by atoms with E-state index in [1.165, 1.54) is 0 Å². The average Bonchev–Trinajstić information content (AvgIpc) is 3.00. The quantitative estimate of drug-likeness (QED) is 0.780. The lowest BCUT2D eigenvalue weighted by Gasteiger charge is -2.33.